The van der Waals surface area contributed by atoms with E-state index in [0.717, 1.165) is 16.4 Å². The van der Waals surface area contributed by atoms with Gasteiger partial charge >= 0.3 is 0 Å². The molecule has 0 aliphatic carbocycles. The summed E-state index contributed by atoms with van der Waals surface area (Å²) in [5.41, 5.74) is 2.53. The number of fused-ring (bicyclic) bond motifs is 2. The highest BCUT2D eigenvalue weighted by atomic mass is 32.2. The van der Waals surface area contributed by atoms with Crippen LogP contribution < -0.4 is 10.1 Å². The van der Waals surface area contributed by atoms with Crippen molar-refractivity contribution in [2.75, 3.05) is 17.7 Å². The molecule has 0 spiro atoms. The van der Waals surface area contributed by atoms with Gasteiger partial charge in [0.2, 0.25) is 5.16 Å². The Kier molecular flexibility index (Phi) is 2.49. The number of nitrogens with one attached hydrogen (secondary N) is 1. The molecule has 1 aromatic heterocycles. The van der Waals surface area contributed by atoms with Gasteiger partial charge in [0.05, 0.1) is 11.4 Å². The molecule has 0 atom stereocenters. The molecule has 2 aliphatic heterocycles. The second-order valence-electron chi connectivity index (χ2n) is 4.34. The van der Waals surface area contributed by atoms with Crippen molar-refractivity contribution in [1.29, 1.82) is 0 Å². The van der Waals surface area contributed by atoms with E-state index in [1.54, 1.807) is 22.8 Å². The van der Waals surface area contributed by atoms with Crippen molar-refractivity contribution in [2.24, 2.45) is 5.10 Å². The van der Waals surface area contributed by atoms with Crippen LogP contribution in [0.3, 0.4) is 0 Å². The van der Waals surface area contributed by atoms with Crippen LogP contribution in [0.1, 0.15) is 5.56 Å². The van der Waals surface area contributed by atoms with Crippen LogP contribution in [0.2, 0.25) is 0 Å². The molecule has 8 heteroatoms. The van der Waals surface area contributed by atoms with Crippen LogP contribution in [0, 0.1) is 0 Å². The number of benzene rings is 1. The van der Waals surface area contributed by atoms with Gasteiger partial charge in [0.15, 0.2) is 6.61 Å². The lowest BCUT2D eigenvalue weighted by atomic mass is 10.1. The first-order valence-electron chi connectivity index (χ1n) is 5.97. The summed E-state index contributed by atoms with van der Waals surface area (Å²) in [4.78, 5) is 11.4. The quantitative estimate of drug-likeness (QED) is 0.845. The average Bonchev–Trinajstić information content (AvgIpc) is 2.93. The van der Waals surface area contributed by atoms with Crippen molar-refractivity contribution in [3.63, 3.8) is 0 Å². The van der Waals surface area contributed by atoms with Crippen LogP contribution in [0.25, 0.3) is 0 Å². The fourth-order valence-electron chi connectivity index (χ4n) is 2.08. The smallest absolute Gasteiger partial charge is 0.262 e. The van der Waals surface area contributed by atoms with E-state index in [9.17, 15) is 4.79 Å². The van der Waals surface area contributed by atoms with Gasteiger partial charge < -0.3 is 10.1 Å². The average molecular weight is 287 g/mol. The van der Waals surface area contributed by atoms with Gasteiger partial charge in [-0.25, -0.2) is 0 Å². The third-order valence-electron chi connectivity index (χ3n) is 3.01. The molecule has 1 aromatic carbocycles. The first kappa shape index (κ1) is 11.5. The minimum atomic E-state index is -0.143. The molecule has 2 aromatic rings. The molecule has 7 nitrogen and oxygen atoms in total. The second-order valence-corrected chi connectivity index (χ2v) is 5.28. The van der Waals surface area contributed by atoms with Gasteiger partial charge in [-0.3, -0.25) is 4.79 Å². The maximum absolute atomic E-state index is 11.4. The minimum Gasteiger partial charge on any atom is -0.482 e. The van der Waals surface area contributed by atoms with Crippen molar-refractivity contribution in [1.82, 2.24) is 14.9 Å². The monoisotopic (exact) mass is 287 g/mol. The third kappa shape index (κ3) is 1.85. The van der Waals surface area contributed by atoms with Crippen LogP contribution in [0.15, 0.2) is 34.8 Å². The largest absolute Gasteiger partial charge is 0.482 e. The zero-order valence-corrected chi connectivity index (χ0v) is 11.1. The molecule has 100 valence electrons. The number of ether oxygens (including phenoxy) is 1. The van der Waals surface area contributed by atoms with Crippen molar-refractivity contribution in [3.8, 4) is 5.75 Å². The predicted molar refractivity (Wildman–Crippen MR) is 73.2 cm³/mol. The summed E-state index contributed by atoms with van der Waals surface area (Å²) >= 11 is 1.58. The number of hydrogen-bond acceptors (Lipinski definition) is 6. The first-order valence-corrected chi connectivity index (χ1v) is 6.96. The van der Waals surface area contributed by atoms with E-state index < -0.39 is 0 Å². The fourth-order valence-corrected chi connectivity index (χ4v) is 2.89. The van der Waals surface area contributed by atoms with E-state index >= 15 is 0 Å². The van der Waals surface area contributed by atoms with Crippen LogP contribution in [0.5, 0.6) is 5.75 Å². The van der Waals surface area contributed by atoms with Crippen LogP contribution in [-0.4, -0.2) is 38.9 Å². The SMILES string of the molecule is O=C1COc2ccc(C3=Nn4cnnc4SC3)cc2N1. The molecule has 0 fully saturated rings. The fraction of sp³-hybridized carbons (Fsp3) is 0.167. The van der Waals surface area contributed by atoms with Gasteiger partial charge in [0.1, 0.15) is 12.1 Å². The number of rotatable bonds is 1. The number of thioether (sulfide) groups is 1. The molecule has 0 saturated carbocycles. The molecule has 4 rings (SSSR count). The molecule has 0 radical (unpaired) electrons. The number of carbonyl (C=O) groups is 1. The highest BCUT2D eigenvalue weighted by Crippen LogP contribution is 2.30. The van der Waals surface area contributed by atoms with Gasteiger partial charge in [-0.15, -0.1) is 10.2 Å². The van der Waals surface area contributed by atoms with Crippen LogP contribution >= 0.6 is 11.8 Å². The molecule has 20 heavy (non-hydrogen) atoms. The number of aromatic nitrogens is 3. The number of anilines is 1. The molecule has 1 amide bonds. The van der Waals surface area contributed by atoms with Gasteiger partial charge in [0, 0.05) is 11.3 Å². The Morgan fingerprint density at radius 1 is 1.40 bits per heavy atom. The lowest BCUT2D eigenvalue weighted by molar-refractivity contribution is -0.118. The summed E-state index contributed by atoms with van der Waals surface area (Å²) in [6.07, 6.45) is 1.57. The van der Waals surface area contributed by atoms with Crippen molar-refractivity contribution in [3.05, 3.63) is 30.1 Å². The van der Waals surface area contributed by atoms with E-state index in [0.29, 0.717) is 17.2 Å². The Balaban J connectivity index is 1.73. The summed E-state index contributed by atoms with van der Waals surface area (Å²) in [7, 11) is 0. The lowest BCUT2D eigenvalue weighted by Crippen LogP contribution is -2.25. The molecule has 0 bridgehead atoms. The summed E-state index contributed by atoms with van der Waals surface area (Å²) in [6.45, 7) is 0.0627. The highest BCUT2D eigenvalue weighted by molar-refractivity contribution is 7.99. The van der Waals surface area contributed by atoms with E-state index in [2.05, 4.69) is 20.6 Å². The Hall–Kier alpha value is -2.35. The molecular formula is C12H9N5O2S. The summed E-state index contributed by atoms with van der Waals surface area (Å²) in [6, 6.07) is 5.66. The van der Waals surface area contributed by atoms with E-state index in [1.165, 1.54) is 0 Å². The summed E-state index contributed by atoms with van der Waals surface area (Å²) in [5.74, 6) is 1.25. The number of amides is 1. The molecular weight excluding hydrogens is 278 g/mol. The lowest BCUT2D eigenvalue weighted by Gasteiger charge is -2.19. The van der Waals surface area contributed by atoms with Gasteiger partial charge in [-0.05, 0) is 18.2 Å². The topological polar surface area (TPSA) is 81.4 Å². The van der Waals surface area contributed by atoms with Crippen LogP contribution in [0.4, 0.5) is 5.69 Å². The van der Waals surface area contributed by atoms with Gasteiger partial charge in [-0.1, -0.05) is 11.8 Å². The summed E-state index contributed by atoms with van der Waals surface area (Å²) < 4.78 is 6.99. The predicted octanol–water partition coefficient (Wildman–Crippen LogP) is 0.967. The van der Waals surface area contributed by atoms with Crippen molar-refractivity contribution >= 4 is 29.1 Å². The third-order valence-corrected chi connectivity index (χ3v) is 3.96. The Morgan fingerprint density at radius 3 is 3.30 bits per heavy atom. The molecule has 2 aliphatic rings. The zero-order chi connectivity index (χ0) is 13.5. The van der Waals surface area contributed by atoms with E-state index in [4.69, 9.17) is 4.74 Å². The Bertz CT molecular complexity index is 739. The number of nitrogens with zero attached hydrogens (tertiary/aromatic N) is 4. The molecule has 1 N–H and O–H groups in total. The van der Waals surface area contributed by atoms with Gasteiger partial charge in [0.25, 0.3) is 5.91 Å². The van der Waals surface area contributed by atoms with E-state index in [-0.39, 0.29) is 12.5 Å². The number of carbonyl (C=O) groups excluding carboxylic acids is 1. The molecule has 0 unspecified atom stereocenters. The zero-order valence-electron chi connectivity index (χ0n) is 10.2. The Labute approximate surface area is 118 Å². The minimum absolute atomic E-state index is 0.0627. The van der Waals surface area contributed by atoms with E-state index in [1.807, 2.05) is 18.2 Å². The normalized spacial score (nSPS) is 16.6. The summed E-state index contributed by atoms with van der Waals surface area (Å²) in [5, 5.41) is 15.8. The van der Waals surface area contributed by atoms with Gasteiger partial charge in [-0.2, -0.15) is 9.78 Å². The molecule has 0 saturated heterocycles. The maximum Gasteiger partial charge on any atom is 0.262 e. The first-order chi connectivity index (χ1) is 9.79. The Morgan fingerprint density at radius 2 is 2.35 bits per heavy atom. The van der Waals surface area contributed by atoms with Crippen LogP contribution in [-0.2, 0) is 4.79 Å². The highest BCUT2D eigenvalue weighted by Gasteiger charge is 2.19. The standard InChI is InChI=1S/C12H9N5O2S/c18-11-4-19-10-2-1-7(3-8(10)14-11)9-5-20-12-15-13-6-17(12)16-9/h1-3,6H,4-5H2,(H,14,18). The number of hydrogen-bond donors (Lipinski definition) is 1. The second kappa shape index (κ2) is 4.34. The van der Waals surface area contributed by atoms with Crippen molar-refractivity contribution in [2.45, 2.75) is 5.16 Å². The maximum atomic E-state index is 11.4. The van der Waals surface area contributed by atoms with Crippen molar-refractivity contribution < 1.29 is 9.53 Å². The molecule has 3 heterocycles.